The summed E-state index contributed by atoms with van der Waals surface area (Å²) in [4.78, 5) is 11.9. The standard InChI is InChI=1S/C17H28N2O3S/c1-3-4-5-6-7-13-18-17(20)12-14-19-23(21,22)16-10-8-15(2)9-11-16/h8-11,19H,3-7,12-14H2,1-2H3,(H,18,20). The number of carbonyl (C=O) groups excluding carboxylic acids is 1. The molecule has 0 heterocycles. The Kier molecular flexibility index (Phi) is 8.87. The van der Waals surface area contributed by atoms with Crippen molar-refractivity contribution in [2.45, 2.75) is 57.3 Å². The molecule has 0 bridgehead atoms. The molecular formula is C17H28N2O3S. The van der Waals surface area contributed by atoms with E-state index in [0.717, 1.165) is 18.4 Å². The summed E-state index contributed by atoms with van der Waals surface area (Å²) in [7, 11) is -3.54. The van der Waals surface area contributed by atoms with E-state index >= 15 is 0 Å². The molecule has 0 saturated carbocycles. The van der Waals surface area contributed by atoms with Crippen LogP contribution in [0.4, 0.5) is 0 Å². The lowest BCUT2D eigenvalue weighted by atomic mass is 10.1. The number of unbranched alkanes of at least 4 members (excludes halogenated alkanes) is 4. The fourth-order valence-electron chi connectivity index (χ4n) is 2.14. The van der Waals surface area contributed by atoms with Crippen molar-refractivity contribution in [3.05, 3.63) is 29.8 Å². The van der Waals surface area contributed by atoms with Gasteiger partial charge in [-0.25, -0.2) is 13.1 Å². The van der Waals surface area contributed by atoms with Crippen LogP contribution in [-0.4, -0.2) is 27.4 Å². The van der Waals surface area contributed by atoms with E-state index < -0.39 is 10.0 Å². The van der Waals surface area contributed by atoms with Crippen molar-refractivity contribution in [2.24, 2.45) is 0 Å². The average molecular weight is 340 g/mol. The minimum absolute atomic E-state index is 0.109. The topological polar surface area (TPSA) is 75.3 Å². The highest BCUT2D eigenvalue weighted by atomic mass is 32.2. The Labute approximate surface area is 139 Å². The van der Waals surface area contributed by atoms with Crippen LogP contribution in [0.3, 0.4) is 0 Å². The highest BCUT2D eigenvalue weighted by Crippen LogP contribution is 2.09. The van der Waals surface area contributed by atoms with Gasteiger partial charge in [-0.15, -0.1) is 0 Å². The van der Waals surface area contributed by atoms with Crippen LogP contribution in [0.1, 0.15) is 51.0 Å². The second kappa shape index (κ2) is 10.4. The van der Waals surface area contributed by atoms with E-state index in [1.807, 2.05) is 6.92 Å². The fraction of sp³-hybridized carbons (Fsp3) is 0.588. The predicted molar refractivity (Wildman–Crippen MR) is 92.8 cm³/mol. The molecule has 1 aromatic rings. The Morgan fingerprint density at radius 2 is 1.65 bits per heavy atom. The summed E-state index contributed by atoms with van der Waals surface area (Å²) in [6, 6.07) is 6.63. The smallest absolute Gasteiger partial charge is 0.240 e. The number of nitrogens with one attached hydrogen (secondary N) is 2. The Morgan fingerprint density at radius 3 is 2.30 bits per heavy atom. The zero-order valence-corrected chi connectivity index (χ0v) is 14.9. The van der Waals surface area contributed by atoms with Gasteiger partial charge in [-0.05, 0) is 25.5 Å². The largest absolute Gasteiger partial charge is 0.356 e. The molecule has 0 fully saturated rings. The molecule has 1 rings (SSSR count). The lowest BCUT2D eigenvalue weighted by Crippen LogP contribution is -2.31. The predicted octanol–water partition coefficient (Wildman–Crippen LogP) is 2.75. The maximum Gasteiger partial charge on any atom is 0.240 e. The number of sulfonamides is 1. The summed E-state index contributed by atoms with van der Waals surface area (Å²) >= 11 is 0. The molecule has 130 valence electrons. The van der Waals surface area contributed by atoms with E-state index in [4.69, 9.17) is 0 Å². The number of hydrogen-bond acceptors (Lipinski definition) is 3. The molecule has 0 unspecified atom stereocenters. The highest BCUT2D eigenvalue weighted by Gasteiger charge is 2.13. The second-order valence-electron chi connectivity index (χ2n) is 5.72. The minimum atomic E-state index is -3.54. The minimum Gasteiger partial charge on any atom is -0.356 e. The van der Waals surface area contributed by atoms with Gasteiger partial charge in [0.15, 0.2) is 0 Å². The van der Waals surface area contributed by atoms with Gasteiger partial charge in [-0.2, -0.15) is 0 Å². The van der Waals surface area contributed by atoms with Crippen LogP contribution >= 0.6 is 0 Å². The van der Waals surface area contributed by atoms with E-state index in [1.54, 1.807) is 24.3 Å². The van der Waals surface area contributed by atoms with Gasteiger partial charge in [0, 0.05) is 19.5 Å². The monoisotopic (exact) mass is 340 g/mol. The number of rotatable bonds is 11. The van der Waals surface area contributed by atoms with Crippen LogP contribution in [-0.2, 0) is 14.8 Å². The molecule has 2 N–H and O–H groups in total. The number of aryl methyl sites for hydroxylation is 1. The molecule has 0 atom stereocenters. The van der Waals surface area contributed by atoms with Gasteiger partial charge in [-0.3, -0.25) is 4.79 Å². The fourth-order valence-corrected chi connectivity index (χ4v) is 3.18. The summed E-state index contributed by atoms with van der Waals surface area (Å²) in [6.07, 6.45) is 5.87. The van der Waals surface area contributed by atoms with Gasteiger partial charge in [0.25, 0.3) is 0 Å². The van der Waals surface area contributed by atoms with Crippen LogP contribution in [0.2, 0.25) is 0 Å². The summed E-state index contributed by atoms with van der Waals surface area (Å²) in [6.45, 7) is 4.83. The van der Waals surface area contributed by atoms with Crippen molar-refractivity contribution in [1.82, 2.24) is 10.0 Å². The summed E-state index contributed by atoms with van der Waals surface area (Å²) in [5, 5.41) is 2.82. The number of hydrogen-bond donors (Lipinski definition) is 2. The highest BCUT2D eigenvalue weighted by molar-refractivity contribution is 7.89. The second-order valence-corrected chi connectivity index (χ2v) is 7.49. The quantitative estimate of drug-likeness (QED) is 0.608. The van der Waals surface area contributed by atoms with Crippen LogP contribution in [0.25, 0.3) is 0 Å². The van der Waals surface area contributed by atoms with Crippen LogP contribution in [0.15, 0.2) is 29.2 Å². The van der Waals surface area contributed by atoms with Gasteiger partial charge in [0.05, 0.1) is 4.90 Å². The lowest BCUT2D eigenvalue weighted by Gasteiger charge is -2.08. The first-order valence-corrected chi connectivity index (χ1v) is 9.77. The van der Waals surface area contributed by atoms with Gasteiger partial charge >= 0.3 is 0 Å². The molecule has 23 heavy (non-hydrogen) atoms. The van der Waals surface area contributed by atoms with E-state index in [0.29, 0.717) is 6.54 Å². The van der Waals surface area contributed by atoms with E-state index in [2.05, 4.69) is 17.0 Å². The molecule has 1 aromatic carbocycles. The third-order valence-electron chi connectivity index (χ3n) is 3.58. The van der Waals surface area contributed by atoms with Crippen molar-refractivity contribution in [2.75, 3.05) is 13.1 Å². The van der Waals surface area contributed by atoms with Crippen molar-refractivity contribution in [1.29, 1.82) is 0 Å². The third-order valence-corrected chi connectivity index (χ3v) is 5.05. The van der Waals surface area contributed by atoms with Gasteiger partial charge in [-0.1, -0.05) is 50.3 Å². The SMILES string of the molecule is CCCCCCCNC(=O)CCNS(=O)(=O)c1ccc(C)cc1. The first-order valence-electron chi connectivity index (χ1n) is 8.28. The molecule has 0 saturated heterocycles. The van der Waals surface area contributed by atoms with E-state index in [-0.39, 0.29) is 23.8 Å². The molecule has 0 radical (unpaired) electrons. The number of benzene rings is 1. The first kappa shape index (κ1) is 19.6. The molecule has 0 aliphatic rings. The van der Waals surface area contributed by atoms with E-state index in [1.165, 1.54) is 19.3 Å². The lowest BCUT2D eigenvalue weighted by molar-refractivity contribution is -0.120. The molecular weight excluding hydrogens is 312 g/mol. The Hall–Kier alpha value is -1.40. The van der Waals surface area contributed by atoms with Crippen LogP contribution in [0.5, 0.6) is 0 Å². The van der Waals surface area contributed by atoms with Crippen molar-refractivity contribution in [3.63, 3.8) is 0 Å². The molecule has 0 spiro atoms. The molecule has 6 heteroatoms. The van der Waals surface area contributed by atoms with Crippen molar-refractivity contribution < 1.29 is 13.2 Å². The Morgan fingerprint density at radius 1 is 1.00 bits per heavy atom. The average Bonchev–Trinajstić information content (AvgIpc) is 2.51. The normalized spacial score (nSPS) is 11.4. The van der Waals surface area contributed by atoms with Crippen molar-refractivity contribution in [3.8, 4) is 0 Å². The summed E-state index contributed by atoms with van der Waals surface area (Å²) in [5.74, 6) is -0.118. The number of amides is 1. The van der Waals surface area contributed by atoms with Gasteiger partial charge in [0.2, 0.25) is 15.9 Å². The zero-order chi connectivity index (χ0) is 17.1. The number of carbonyl (C=O) groups is 1. The molecule has 5 nitrogen and oxygen atoms in total. The maximum atomic E-state index is 12.0. The van der Waals surface area contributed by atoms with Gasteiger partial charge < -0.3 is 5.32 Å². The molecule has 0 aromatic heterocycles. The van der Waals surface area contributed by atoms with Gasteiger partial charge in [0.1, 0.15) is 0 Å². The van der Waals surface area contributed by atoms with Crippen LogP contribution in [0, 0.1) is 6.92 Å². The summed E-state index contributed by atoms with van der Waals surface area (Å²) < 4.78 is 26.5. The van der Waals surface area contributed by atoms with Crippen LogP contribution < -0.4 is 10.0 Å². The molecule has 1 amide bonds. The summed E-state index contributed by atoms with van der Waals surface area (Å²) in [5.41, 5.74) is 1.00. The first-order chi connectivity index (χ1) is 11.0. The third kappa shape index (κ3) is 8.13. The van der Waals surface area contributed by atoms with E-state index in [9.17, 15) is 13.2 Å². The molecule has 0 aliphatic heterocycles. The Bertz CT molecular complexity index is 568. The molecule has 0 aliphatic carbocycles. The zero-order valence-electron chi connectivity index (χ0n) is 14.1. The maximum absolute atomic E-state index is 12.0. The van der Waals surface area contributed by atoms with Crippen molar-refractivity contribution >= 4 is 15.9 Å². The Balaban J connectivity index is 2.22.